The molecule has 0 aliphatic carbocycles. The van der Waals surface area contributed by atoms with Crippen LogP contribution in [0.5, 0.6) is 0 Å². The highest BCUT2D eigenvalue weighted by Crippen LogP contribution is 1.86. The van der Waals surface area contributed by atoms with Gasteiger partial charge in [-0.2, -0.15) is 0 Å². The molecule has 0 radical (unpaired) electrons. The molecule has 14 heavy (non-hydrogen) atoms. The highest BCUT2D eigenvalue weighted by molar-refractivity contribution is 5.68. The zero-order chi connectivity index (χ0) is 10.8. The maximum atomic E-state index is 10.8. The predicted octanol–water partition coefficient (Wildman–Crippen LogP) is 0.224. The van der Waals surface area contributed by atoms with Crippen LogP contribution in [-0.2, 0) is 14.3 Å². The highest BCUT2D eigenvalue weighted by atomic mass is 16.6. The van der Waals surface area contributed by atoms with E-state index in [2.05, 4.69) is 14.8 Å². The molecule has 6 nitrogen and oxygen atoms in total. The normalized spacial score (nSPS) is 9.50. The molecule has 0 rings (SSSR count). The Hall–Kier alpha value is -1.30. The van der Waals surface area contributed by atoms with Crippen molar-refractivity contribution < 1.29 is 24.2 Å². The second-order valence-electron chi connectivity index (χ2n) is 2.55. The van der Waals surface area contributed by atoms with Crippen LogP contribution >= 0.6 is 0 Å². The van der Waals surface area contributed by atoms with Gasteiger partial charge in [-0.15, -0.1) is 0 Å². The molecule has 0 aromatic rings. The molecule has 0 aliphatic rings. The summed E-state index contributed by atoms with van der Waals surface area (Å²) >= 11 is 0. The van der Waals surface area contributed by atoms with Crippen LogP contribution in [0.15, 0.2) is 0 Å². The molecule has 0 atom stereocenters. The van der Waals surface area contributed by atoms with E-state index in [4.69, 9.17) is 5.11 Å². The minimum atomic E-state index is -0.875. The number of nitrogens with one attached hydrogen (secondary N) is 1. The minimum absolute atomic E-state index is 0.0400. The first-order chi connectivity index (χ1) is 6.66. The zero-order valence-corrected chi connectivity index (χ0v) is 8.12. The van der Waals surface area contributed by atoms with Gasteiger partial charge >= 0.3 is 12.1 Å². The van der Waals surface area contributed by atoms with E-state index in [0.29, 0.717) is 19.6 Å². The number of carbonyl (C=O) groups is 2. The number of hydrogen-bond donors (Lipinski definition) is 2. The number of carboxylic acids is 1. The van der Waals surface area contributed by atoms with E-state index in [9.17, 15) is 9.59 Å². The summed E-state index contributed by atoms with van der Waals surface area (Å²) in [5.41, 5.74) is 0. The van der Waals surface area contributed by atoms with Crippen LogP contribution < -0.4 is 5.32 Å². The summed E-state index contributed by atoms with van der Waals surface area (Å²) < 4.78 is 9.33. The van der Waals surface area contributed by atoms with Gasteiger partial charge in [0.2, 0.25) is 0 Å². The topological polar surface area (TPSA) is 84.9 Å². The molecule has 0 spiro atoms. The first-order valence-corrected chi connectivity index (χ1v) is 4.28. The van der Waals surface area contributed by atoms with Crippen molar-refractivity contribution in [3.8, 4) is 0 Å². The van der Waals surface area contributed by atoms with Crippen LogP contribution in [0, 0.1) is 0 Å². The van der Waals surface area contributed by atoms with Crippen LogP contribution in [0.1, 0.15) is 12.8 Å². The van der Waals surface area contributed by atoms with Gasteiger partial charge in [0.1, 0.15) is 6.61 Å². The summed E-state index contributed by atoms with van der Waals surface area (Å²) in [5.74, 6) is -0.875. The fourth-order valence-corrected chi connectivity index (χ4v) is 0.699. The van der Waals surface area contributed by atoms with Crippen LogP contribution in [-0.4, -0.2) is 44.0 Å². The summed E-state index contributed by atoms with van der Waals surface area (Å²) in [4.78, 5) is 20.9. The molecular weight excluding hydrogens is 190 g/mol. The molecule has 0 aromatic heterocycles. The summed E-state index contributed by atoms with van der Waals surface area (Å²) in [7, 11) is 1.51. The molecule has 1 amide bonds. The van der Waals surface area contributed by atoms with Crippen molar-refractivity contribution in [2.75, 3.05) is 26.9 Å². The van der Waals surface area contributed by atoms with Gasteiger partial charge in [0.15, 0.2) is 0 Å². The van der Waals surface area contributed by atoms with Crippen LogP contribution in [0.25, 0.3) is 0 Å². The monoisotopic (exact) mass is 205 g/mol. The number of aliphatic carboxylic acids is 1. The van der Waals surface area contributed by atoms with Crippen LogP contribution in [0.3, 0.4) is 0 Å². The lowest BCUT2D eigenvalue weighted by Gasteiger charge is -2.05. The number of amides is 1. The van der Waals surface area contributed by atoms with Gasteiger partial charge in [0.25, 0.3) is 0 Å². The number of carboxylic acid groups (broad SMARTS) is 1. The largest absolute Gasteiger partial charge is 0.481 e. The summed E-state index contributed by atoms with van der Waals surface area (Å²) in [6.07, 6.45) is -0.111. The average molecular weight is 205 g/mol. The lowest BCUT2D eigenvalue weighted by Crippen LogP contribution is -2.26. The number of hydrogen-bond acceptors (Lipinski definition) is 4. The second kappa shape index (κ2) is 8.31. The van der Waals surface area contributed by atoms with Crippen molar-refractivity contribution in [1.82, 2.24) is 5.32 Å². The molecule has 0 saturated heterocycles. The van der Waals surface area contributed by atoms with E-state index in [1.54, 1.807) is 0 Å². The van der Waals surface area contributed by atoms with Gasteiger partial charge in [-0.1, -0.05) is 0 Å². The third kappa shape index (κ3) is 8.79. The van der Waals surface area contributed by atoms with E-state index < -0.39 is 12.1 Å². The molecule has 6 heteroatoms. The first kappa shape index (κ1) is 12.7. The number of carbonyl (C=O) groups excluding carboxylic acids is 1. The van der Waals surface area contributed by atoms with Gasteiger partial charge in [0, 0.05) is 20.1 Å². The molecule has 2 N–H and O–H groups in total. The Morgan fingerprint density at radius 1 is 1.36 bits per heavy atom. The Bertz CT molecular complexity index is 183. The number of rotatable bonds is 7. The van der Waals surface area contributed by atoms with Gasteiger partial charge in [-0.25, -0.2) is 4.79 Å². The number of ether oxygens (including phenoxy) is 2. The van der Waals surface area contributed by atoms with E-state index in [1.807, 2.05) is 0 Å². The smallest absolute Gasteiger partial charge is 0.407 e. The zero-order valence-electron chi connectivity index (χ0n) is 8.12. The molecule has 0 fully saturated rings. The summed E-state index contributed by atoms with van der Waals surface area (Å²) in [6.45, 7) is 0.849. The minimum Gasteiger partial charge on any atom is -0.481 e. The quantitative estimate of drug-likeness (QED) is 0.581. The predicted molar refractivity (Wildman–Crippen MR) is 48.1 cm³/mol. The molecule has 0 aliphatic heterocycles. The lowest BCUT2D eigenvalue weighted by molar-refractivity contribution is -0.137. The van der Waals surface area contributed by atoms with Crippen LogP contribution in [0.2, 0.25) is 0 Å². The Labute approximate surface area is 82.2 Å². The van der Waals surface area contributed by atoms with Crippen molar-refractivity contribution in [1.29, 1.82) is 0 Å². The van der Waals surface area contributed by atoms with E-state index in [0.717, 1.165) is 0 Å². The Kier molecular flexibility index (Phi) is 7.53. The summed E-state index contributed by atoms with van der Waals surface area (Å²) in [5, 5.41) is 10.7. The van der Waals surface area contributed by atoms with Crippen molar-refractivity contribution in [3.63, 3.8) is 0 Å². The van der Waals surface area contributed by atoms with E-state index >= 15 is 0 Å². The van der Waals surface area contributed by atoms with Crippen molar-refractivity contribution in [3.05, 3.63) is 0 Å². The third-order valence-corrected chi connectivity index (χ3v) is 1.36. The number of alkyl carbamates (subject to hydrolysis) is 1. The SMILES string of the molecule is COCCOC(=O)NCCCC(=O)O. The van der Waals surface area contributed by atoms with E-state index in [1.165, 1.54) is 7.11 Å². The van der Waals surface area contributed by atoms with Gasteiger partial charge < -0.3 is 19.9 Å². The molecule has 0 saturated carbocycles. The maximum Gasteiger partial charge on any atom is 0.407 e. The molecule has 0 aromatic carbocycles. The molecule has 0 heterocycles. The Morgan fingerprint density at radius 2 is 2.07 bits per heavy atom. The van der Waals surface area contributed by atoms with Crippen molar-refractivity contribution in [2.45, 2.75) is 12.8 Å². The fraction of sp³-hybridized carbons (Fsp3) is 0.750. The average Bonchev–Trinajstić information content (AvgIpc) is 2.13. The van der Waals surface area contributed by atoms with Crippen molar-refractivity contribution in [2.24, 2.45) is 0 Å². The summed E-state index contributed by atoms with van der Waals surface area (Å²) in [6, 6.07) is 0. The third-order valence-electron chi connectivity index (χ3n) is 1.36. The van der Waals surface area contributed by atoms with Crippen molar-refractivity contribution >= 4 is 12.1 Å². The van der Waals surface area contributed by atoms with Crippen LogP contribution in [0.4, 0.5) is 4.79 Å². The standard InChI is InChI=1S/C8H15NO5/c1-13-5-6-14-8(12)9-4-2-3-7(10)11/h2-6H2,1H3,(H,9,12)(H,10,11). The molecule has 0 bridgehead atoms. The number of methoxy groups -OCH3 is 1. The molecule has 82 valence electrons. The molecule has 0 unspecified atom stereocenters. The Balaban J connectivity index is 3.22. The van der Waals surface area contributed by atoms with Gasteiger partial charge in [-0.05, 0) is 6.42 Å². The Morgan fingerprint density at radius 3 is 2.64 bits per heavy atom. The van der Waals surface area contributed by atoms with Gasteiger partial charge in [-0.3, -0.25) is 4.79 Å². The second-order valence-corrected chi connectivity index (χ2v) is 2.55. The van der Waals surface area contributed by atoms with E-state index in [-0.39, 0.29) is 13.0 Å². The lowest BCUT2D eigenvalue weighted by atomic mass is 10.3. The highest BCUT2D eigenvalue weighted by Gasteiger charge is 2.01. The fourth-order valence-electron chi connectivity index (χ4n) is 0.699. The molecular formula is C8H15NO5. The van der Waals surface area contributed by atoms with Gasteiger partial charge in [0.05, 0.1) is 6.61 Å². The first-order valence-electron chi connectivity index (χ1n) is 4.28. The maximum absolute atomic E-state index is 10.8.